The van der Waals surface area contributed by atoms with Crippen LogP contribution in [0.1, 0.15) is 23.6 Å². The standard InChI is InChI=1S/C20H22N4O3S/c25-20-21-17-7-6-15(13-18(17)22-20)28(26,27)24-11-9-23(10-12-24)19-8-5-14-3-1-2-4-16(14)19/h1-4,6-7,13,19H,5,8-12H2,(H2,21,22,25). The van der Waals surface area contributed by atoms with Crippen molar-refractivity contribution in [1.82, 2.24) is 19.2 Å². The van der Waals surface area contributed by atoms with E-state index in [0.29, 0.717) is 30.2 Å². The Morgan fingerprint density at radius 3 is 2.50 bits per heavy atom. The number of aromatic amines is 2. The molecule has 1 saturated heterocycles. The van der Waals surface area contributed by atoms with E-state index in [2.05, 4.69) is 39.1 Å². The second kappa shape index (κ2) is 6.58. The van der Waals surface area contributed by atoms with Crippen molar-refractivity contribution in [3.63, 3.8) is 0 Å². The smallest absolute Gasteiger partial charge is 0.306 e. The summed E-state index contributed by atoms with van der Waals surface area (Å²) in [6, 6.07) is 13.7. The molecule has 7 nitrogen and oxygen atoms in total. The van der Waals surface area contributed by atoms with Crippen molar-refractivity contribution in [2.24, 2.45) is 0 Å². The van der Waals surface area contributed by atoms with E-state index in [1.54, 1.807) is 16.4 Å². The van der Waals surface area contributed by atoms with Gasteiger partial charge in [-0.3, -0.25) is 4.90 Å². The largest absolute Gasteiger partial charge is 0.323 e. The molecule has 1 unspecified atom stereocenters. The highest BCUT2D eigenvalue weighted by atomic mass is 32.2. The monoisotopic (exact) mass is 398 g/mol. The van der Waals surface area contributed by atoms with Crippen molar-refractivity contribution in [2.75, 3.05) is 26.2 Å². The Morgan fingerprint density at radius 1 is 0.929 bits per heavy atom. The van der Waals surface area contributed by atoms with Gasteiger partial charge < -0.3 is 9.97 Å². The van der Waals surface area contributed by atoms with Gasteiger partial charge in [-0.2, -0.15) is 4.31 Å². The van der Waals surface area contributed by atoms with Gasteiger partial charge in [-0.15, -0.1) is 0 Å². The lowest BCUT2D eigenvalue weighted by Crippen LogP contribution is -2.49. The summed E-state index contributed by atoms with van der Waals surface area (Å²) >= 11 is 0. The van der Waals surface area contributed by atoms with Crippen LogP contribution in [0.3, 0.4) is 0 Å². The van der Waals surface area contributed by atoms with E-state index in [-0.39, 0.29) is 10.6 Å². The van der Waals surface area contributed by atoms with E-state index < -0.39 is 10.0 Å². The van der Waals surface area contributed by atoms with Crippen LogP contribution in [0.15, 0.2) is 52.2 Å². The molecular formula is C20H22N4O3S. The Bertz CT molecular complexity index is 1190. The maximum atomic E-state index is 13.1. The SMILES string of the molecule is O=c1[nH]c2ccc(S(=O)(=O)N3CCN(C4CCc5ccccc54)CC3)cc2[nH]1. The molecule has 5 rings (SSSR count). The molecule has 2 N–H and O–H groups in total. The summed E-state index contributed by atoms with van der Waals surface area (Å²) < 4.78 is 27.7. The Balaban J connectivity index is 1.33. The highest BCUT2D eigenvalue weighted by molar-refractivity contribution is 7.89. The molecule has 28 heavy (non-hydrogen) atoms. The molecule has 0 amide bonds. The van der Waals surface area contributed by atoms with Gasteiger partial charge in [0.05, 0.1) is 15.9 Å². The number of aryl methyl sites for hydroxylation is 1. The van der Waals surface area contributed by atoms with Gasteiger partial charge >= 0.3 is 5.69 Å². The molecule has 1 aliphatic carbocycles. The van der Waals surface area contributed by atoms with Gasteiger partial charge in [0.1, 0.15) is 0 Å². The molecule has 8 heteroatoms. The number of piperazine rings is 1. The Kier molecular flexibility index (Phi) is 4.15. The fourth-order valence-electron chi connectivity index (χ4n) is 4.49. The van der Waals surface area contributed by atoms with Gasteiger partial charge in [0, 0.05) is 32.2 Å². The minimum atomic E-state index is -3.58. The fourth-order valence-corrected chi connectivity index (χ4v) is 5.94. The number of hydrogen-bond donors (Lipinski definition) is 2. The third-order valence-corrected chi connectivity index (χ3v) is 7.84. The zero-order valence-corrected chi connectivity index (χ0v) is 16.2. The van der Waals surface area contributed by atoms with Crippen LogP contribution in [0, 0.1) is 0 Å². The quantitative estimate of drug-likeness (QED) is 0.705. The predicted molar refractivity (Wildman–Crippen MR) is 107 cm³/mol. The van der Waals surface area contributed by atoms with E-state index in [1.807, 2.05) is 0 Å². The summed E-state index contributed by atoms with van der Waals surface area (Å²) in [7, 11) is -3.58. The summed E-state index contributed by atoms with van der Waals surface area (Å²) in [6.07, 6.45) is 2.19. The topological polar surface area (TPSA) is 89.3 Å². The molecule has 2 heterocycles. The number of fused-ring (bicyclic) bond motifs is 2. The number of sulfonamides is 1. The third-order valence-electron chi connectivity index (χ3n) is 5.94. The molecule has 0 radical (unpaired) electrons. The van der Waals surface area contributed by atoms with Crippen LogP contribution in [0.2, 0.25) is 0 Å². The molecule has 0 saturated carbocycles. The number of nitrogens with zero attached hydrogens (tertiary/aromatic N) is 2. The van der Waals surface area contributed by atoms with E-state index in [4.69, 9.17) is 0 Å². The lowest BCUT2D eigenvalue weighted by atomic mass is 10.1. The minimum Gasteiger partial charge on any atom is -0.306 e. The van der Waals surface area contributed by atoms with E-state index in [9.17, 15) is 13.2 Å². The Hall–Kier alpha value is -2.42. The maximum Gasteiger partial charge on any atom is 0.323 e. The molecule has 0 bridgehead atoms. The number of aromatic nitrogens is 2. The van der Waals surface area contributed by atoms with Crippen LogP contribution in [0.5, 0.6) is 0 Å². The Labute approximate surface area is 163 Å². The molecule has 0 spiro atoms. The van der Waals surface area contributed by atoms with Crippen LogP contribution >= 0.6 is 0 Å². The molecule has 2 aromatic carbocycles. The first-order chi connectivity index (χ1) is 13.5. The van der Waals surface area contributed by atoms with E-state index in [0.717, 1.165) is 25.9 Å². The lowest BCUT2D eigenvalue weighted by Gasteiger charge is -2.37. The average Bonchev–Trinajstić information content (AvgIpc) is 3.30. The maximum absolute atomic E-state index is 13.1. The average molecular weight is 398 g/mol. The first kappa shape index (κ1) is 17.7. The molecule has 2 aliphatic rings. The zero-order chi connectivity index (χ0) is 19.3. The van der Waals surface area contributed by atoms with Gasteiger partial charge in [-0.05, 0) is 42.2 Å². The van der Waals surface area contributed by atoms with Crippen LogP contribution in [-0.2, 0) is 16.4 Å². The van der Waals surface area contributed by atoms with Crippen molar-refractivity contribution in [3.8, 4) is 0 Å². The molecule has 3 aromatic rings. The summed E-state index contributed by atoms with van der Waals surface area (Å²) in [5.74, 6) is 0. The molecule has 1 aromatic heterocycles. The number of imidazole rings is 1. The highest BCUT2D eigenvalue weighted by Gasteiger charge is 2.34. The number of benzene rings is 2. The summed E-state index contributed by atoms with van der Waals surface area (Å²) in [4.78, 5) is 19.3. The van der Waals surface area contributed by atoms with Crippen molar-refractivity contribution >= 4 is 21.1 Å². The second-order valence-electron chi connectivity index (χ2n) is 7.48. The summed E-state index contributed by atoms with van der Waals surface area (Å²) in [5, 5.41) is 0. The first-order valence-electron chi connectivity index (χ1n) is 9.56. The Morgan fingerprint density at radius 2 is 1.68 bits per heavy atom. The van der Waals surface area contributed by atoms with Gasteiger partial charge in [0.25, 0.3) is 0 Å². The normalized spacial score (nSPS) is 21.2. The van der Waals surface area contributed by atoms with Gasteiger partial charge in [0.2, 0.25) is 10.0 Å². The number of rotatable bonds is 3. The van der Waals surface area contributed by atoms with Gasteiger partial charge in [-0.1, -0.05) is 24.3 Å². The number of H-pyrrole nitrogens is 2. The third kappa shape index (κ3) is 2.88. The van der Waals surface area contributed by atoms with Crippen LogP contribution < -0.4 is 5.69 Å². The van der Waals surface area contributed by atoms with Crippen LogP contribution in [0.25, 0.3) is 11.0 Å². The van der Waals surface area contributed by atoms with E-state index in [1.165, 1.54) is 17.2 Å². The van der Waals surface area contributed by atoms with E-state index >= 15 is 0 Å². The van der Waals surface area contributed by atoms with Crippen LogP contribution in [0.4, 0.5) is 0 Å². The highest BCUT2D eigenvalue weighted by Crippen LogP contribution is 2.36. The molecule has 146 valence electrons. The number of nitrogens with one attached hydrogen (secondary N) is 2. The summed E-state index contributed by atoms with van der Waals surface area (Å²) in [6.45, 7) is 2.40. The van der Waals surface area contributed by atoms with Crippen molar-refractivity contribution in [1.29, 1.82) is 0 Å². The van der Waals surface area contributed by atoms with Crippen LogP contribution in [-0.4, -0.2) is 53.8 Å². The molecular weight excluding hydrogens is 376 g/mol. The zero-order valence-electron chi connectivity index (χ0n) is 15.4. The summed E-state index contributed by atoms with van der Waals surface area (Å²) in [5.41, 5.74) is 3.58. The van der Waals surface area contributed by atoms with Crippen molar-refractivity contribution in [2.45, 2.75) is 23.8 Å². The van der Waals surface area contributed by atoms with Crippen molar-refractivity contribution in [3.05, 3.63) is 64.1 Å². The fraction of sp³-hybridized carbons (Fsp3) is 0.350. The van der Waals surface area contributed by atoms with Gasteiger partial charge in [-0.25, -0.2) is 13.2 Å². The molecule has 1 atom stereocenters. The predicted octanol–water partition coefficient (Wildman–Crippen LogP) is 1.85. The minimum absolute atomic E-state index is 0.218. The first-order valence-corrected chi connectivity index (χ1v) is 11.0. The molecule has 1 fully saturated rings. The lowest BCUT2D eigenvalue weighted by molar-refractivity contribution is 0.137. The van der Waals surface area contributed by atoms with Gasteiger partial charge in [0.15, 0.2) is 0 Å². The number of hydrogen-bond acceptors (Lipinski definition) is 4. The van der Waals surface area contributed by atoms with Crippen molar-refractivity contribution < 1.29 is 8.42 Å². The second-order valence-corrected chi connectivity index (χ2v) is 9.42. The molecule has 1 aliphatic heterocycles.